The lowest BCUT2D eigenvalue weighted by Crippen LogP contribution is -2.47. The van der Waals surface area contributed by atoms with Gasteiger partial charge in [-0.1, -0.05) is 29.5 Å². The summed E-state index contributed by atoms with van der Waals surface area (Å²) in [4.78, 5) is 4.30. The summed E-state index contributed by atoms with van der Waals surface area (Å²) in [5, 5.41) is 10.0. The van der Waals surface area contributed by atoms with Gasteiger partial charge in [0.2, 0.25) is 5.13 Å². The molecular formula is C16H21FN4O2S2. The molecule has 136 valence electrons. The van der Waals surface area contributed by atoms with Gasteiger partial charge in [-0.15, -0.1) is 10.2 Å². The zero-order chi connectivity index (χ0) is 17.9. The normalized spacial score (nSPS) is 16.3. The summed E-state index contributed by atoms with van der Waals surface area (Å²) in [5.74, 6) is -0.0303. The fraction of sp³-hybridized carbons (Fsp3) is 0.500. The van der Waals surface area contributed by atoms with E-state index in [1.54, 1.807) is 12.1 Å². The van der Waals surface area contributed by atoms with Gasteiger partial charge >= 0.3 is 0 Å². The molecule has 1 aliphatic heterocycles. The molecule has 0 saturated carbocycles. The van der Waals surface area contributed by atoms with Crippen LogP contribution in [-0.2, 0) is 16.3 Å². The molecule has 1 saturated heterocycles. The number of hydrogen-bond donors (Lipinski definition) is 0. The molecule has 2 aromatic rings. The molecule has 0 atom stereocenters. The van der Waals surface area contributed by atoms with E-state index >= 15 is 0 Å². The van der Waals surface area contributed by atoms with Crippen LogP contribution in [0.5, 0.6) is 0 Å². The Morgan fingerprint density at radius 3 is 2.56 bits per heavy atom. The molecule has 0 bridgehead atoms. The van der Waals surface area contributed by atoms with Crippen LogP contribution in [0.1, 0.15) is 10.6 Å². The molecule has 1 fully saturated rings. The van der Waals surface area contributed by atoms with E-state index < -0.39 is 9.84 Å². The van der Waals surface area contributed by atoms with Crippen LogP contribution >= 0.6 is 11.3 Å². The Morgan fingerprint density at radius 1 is 1.16 bits per heavy atom. The molecule has 25 heavy (non-hydrogen) atoms. The third-order valence-corrected chi connectivity index (χ3v) is 6.09. The van der Waals surface area contributed by atoms with Crippen molar-refractivity contribution in [1.29, 1.82) is 0 Å². The van der Waals surface area contributed by atoms with Gasteiger partial charge in [-0.3, -0.25) is 4.90 Å². The Balaban J connectivity index is 1.54. The monoisotopic (exact) mass is 384 g/mol. The molecule has 3 rings (SSSR count). The van der Waals surface area contributed by atoms with Crippen molar-refractivity contribution in [3.8, 4) is 0 Å². The van der Waals surface area contributed by atoms with E-state index in [1.807, 2.05) is 6.07 Å². The van der Waals surface area contributed by atoms with Crippen molar-refractivity contribution < 1.29 is 12.8 Å². The first-order chi connectivity index (χ1) is 11.9. The molecule has 0 aliphatic carbocycles. The fourth-order valence-corrected chi connectivity index (χ4v) is 4.21. The second-order valence-electron chi connectivity index (χ2n) is 6.21. The zero-order valence-electron chi connectivity index (χ0n) is 14.1. The largest absolute Gasteiger partial charge is 0.344 e. The van der Waals surface area contributed by atoms with Gasteiger partial charge in [-0.25, -0.2) is 12.8 Å². The van der Waals surface area contributed by atoms with Crippen molar-refractivity contribution in [2.45, 2.75) is 6.42 Å². The van der Waals surface area contributed by atoms with Gasteiger partial charge in [0.1, 0.15) is 20.7 Å². The lowest BCUT2D eigenvalue weighted by atomic mass is 10.1. The van der Waals surface area contributed by atoms with E-state index in [4.69, 9.17) is 0 Å². The van der Waals surface area contributed by atoms with E-state index in [1.165, 1.54) is 23.7 Å². The van der Waals surface area contributed by atoms with Crippen LogP contribution in [0.3, 0.4) is 0 Å². The predicted molar refractivity (Wildman–Crippen MR) is 97.5 cm³/mol. The molecule has 9 heteroatoms. The number of aromatic nitrogens is 2. The van der Waals surface area contributed by atoms with E-state index in [2.05, 4.69) is 20.0 Å². The number of anilines is 1. The Bertz CT molecular complexity index is 817. The highest BCUT2D eigenvalue weighted by molar-refractivity contribution is 7.90. The van der Waals surface area contributed by atoms with Crippen LogP contribution in [-0.4, -0.2) is 68.2 Å². The number of sulfone groups is 1. The van der Waals surface area contributed by atoms with Crippen molar-refractivity contribution in [2.24, 2.45) is 0 Å². The van der Waals surface area contributed by atoms with Gasteiger partial charge in [0, 0.05) is 45.4 Å². The van der Waals surface area contributed by atoms with Crippen LogP contribution in [0.2, 0.25) is 0 Å². The summed E-state index contributed by atoms with van der Waals surface area (Å²) in [7, 11) is -2.93. The zero-order valence-corrected chi connectivity index (χ0v) is 15.7. The average Bonchev–Trinajstić information content (AvgIpc) is 3.03. The van der Waals surface area contributed by atoms with Gasteiger partial charge in [-0.05, 0) is 11.6 Å². The van der Waals surface area contributed by atoms with Crippen molar-refractivity contribution in [2.75, 3.05) is 49.6 Å². The molecule has 6 nitrogen and oxygen atoms in total. The first-order valence-corrected chi connectivity index (χ1v) is 11.0. The average molecular weight is 385 g/mol. The van der Waals surface area contributed by atoms with Gasteiger partial charge in [0.25, 0.3) is 0 Å². The minimum Gasteiger partial charge on any atom is -0.344 e. The molecule has 2 heterocycles. The third kappa shape index (κ3) is 5.20. The molecule has 0 unspecified atom stereocenters. The second kappa shape index (κ2) is 7.76. The summed E-state index contributed by atoms with van der Waals surface area (Å²) < 4.78 is 36.2. The number of hydrogen-bond acceptors (Lipinski definition) is 7. The van der Waals surface area contributed by atoms with E-state index in [-0.39, 0.29) is 11.6 Å². The standard InChI is InChI=1S/C16H21FN4O2S2/c1-25(22,23)11-10-20-6-8-21(9-7-20)16-19-18-15(24-16)12-13-4-2-3-5-14(13)17/h2-5H,6-12H2,1H3. The first kappa shape index (κ1) is 18.2. The molecule has 0 amide bonds. The highest BCUT2D eigenvalue weighted by Gasteiger charge is 2.21. The fourth-order valence-electron chi connectivity index (χ4n) is 2.71. The summed E-state index contributed by atoms with van der Waals surface area (Å²) in [6, 6.07) is 6.70. The van der Waals surface area contributed by atoms with E-state index in [9.17, 15) is 12.8 Å². The number of piperazine rings is 1. The first-order valence-electron chi connectivity index (χ1n) is 8.11. The van der Waals surface area contributed by atoms with Crippen LogP contribution in [0.4, 0.5) is 9.52 Å². The molecule has 1 aromatic heterocycles. The van der Waals surface area contributed by atoms with Crippen molar-refractivity contribution in [1.82, 2.24) is 15.1 Å². The van der Waals surface area contributed by atoms with Crippen LogP contribution in [0, 0.1) is 5.82 Å². The smallest absolute Gasteiger partial charge is 0.208 e. The molecule has 0 spiro atoms. The second-order valence-corrected chi connectivity index (χ2v) is 9.51. The maximum Gasteiger partial charge on any atom is 0.208 e. The molecular weight excluding hydrogens is 363 g/mol. The predicted octanol–water partition coefficient (Wildman–Crippen LogP) is 1.43. The lowest BCUT2D eigenvalue weighted by Gasteiger charge is -2.34. The Morgan fingerprint density at radius 2 is 1.88 bits per heavy atom. The topological polar surface area (TPSA) is 66.4 Å². The van der Waals surface area contributed by atoms with E-state index in [0.29, 0.717) is 18.5 Å². The van der Waals surface area contributed by atoms with Gasteiger partial charge in [-0.2, -0.15) is 0 Å². The van der Waals surface area contributed by atoms with Gasteiger partial charge < -0.3 is 4.90 Å². The summed E-state index contributed by atoms with van der Waals surface area (Å²) in [5.41, 5.74) is 0.621. The summed E-state index contributed by atoms with van der Waals surface area (Å²) in [6.07, 6.45) is 1.71. The molecule has 0 N–H and O–H groups in total. The highest BCUT2D eigenvalue weighted by atomic mass is 32.2. The number of halogens is 1. The quantitative estimate of drug-likeness (QED) is 0.751. The minimum atomic E-state index is -2.93. The Kier molecular flexibility index (Phi) is 5.65. The van der Waals surface area contributed by atoms with E-state index in [0.717, 1.165) is 36.3 Å². The Labute approximate surface area is 151 Å². The summed E-state index contributed by atoms with van der Waals surface area (Å²) >= 11 is 1.48. The van der Waals surface area contributed by atoms with Crippen molar-refractivity contribution in [3.63, 3.8) is 0 Å². The molecule has 0 radical (unpaired) electrons. The molecule has 1 aromatic carbocycles. The number of rotatable bonds is 6. The Hall–Kier alpha value is -1.58. The third-order valence-electron chi connectivity index (χ3n) is 4.18. The maximum absolute atomic E-state index is 13.7. The number of nitrogens with zero attached hydrogens (tertiary/aromatic N) is 4. The minimum absolute atomic E-state index is 0.193. The summed E-state index contributed by atoms with van der Waals surface area (Å²) in [6.45, 7) is 3.76. The van der Waals surface area contributed by atoms with Crippen molar-refractivity contribution in [3.05, 3.63) is 40.7 Å². The number of benzene rings is 1. The van der Waals surface area contributed by atoms with Crippen LogP contribution in [0.25, 0.3) is 0 Å². The lowest BCUT2D eigenvalue weighted by molar-refractivity contribution is 0.272. The maximum atomic E-state index is 13.7. The van der Waals surface area contributed by atoms with Gasteiger partial charge in [0.15, 0.2) is 0 Å². The highest BCUT2D eigenvalue weighted by Crippen LogP contribution is 2.24. The van der Waals surface area contributed by atoms with Gasteiger partial charge in [0.05, 0.1) is 5.75 Å². The molecule has 1 aliphatic rings. The SMILES string of the molecule is CS(=O)(=O)CCN1CCN(c2nnc(Cc3ccccc3F)s2)CC1. The van der Waals surface area contributed by atoms with Crippen molar-refractivity contribution >= 4 is 26.3 Å². The van der Waals surface area contributed by atoms with Crippen LogP contribution < -0.4 is 4.90 Å². The van der Waals surface area contributed by atoms with Crippen LogP contribution in [0.15, 0.2) is 24.3 Å².